The molecule has 2 amide bonds. The van der Waals surface area contributed by atoms with Crippen LogP contribution in [0.15, 0.2) is 36.4 Å². The van der Waals surface area contributed by atoms with Gasteiger partial charge in [0.2, 0.25) is 0 Å². The number of aliphatic carboxylic acids is 1. The van der Waals surface area contributed by atoms with Crippen molar-refractivity contribution in [3.63, 3.8) is 0 Å². The van der Waals surface area contributed by atoms with Crippen LogP contribution >= 0.6 is 0 Å². The number of rotatable bonds is 6. The van der Waals surface area contributed by atoms with E-state index in [0.717, 1.165) is 6.42 Å². The Balaban J connectivity index is 2.56. The number of anilines is 1. The molecule has 0 heterocycles. The number of carboxylic acids is 1. The van der Waals surface area contributed by atoms with Crippen LogP contribution in [0.1, 0.15) is 18.9 Å². The van der Waals surface area contributed by atoms with Crippen molar-refractivity contribution in [1.29, 1.82) is 0 Å². The second-order valence-electron chi connectivity index (χ2n) is 3.97. The largest absolute Gasteiger partial charge is 0.481 e. The van der Waals surface area contributed by atoms with Gasteiger partial charge < -0.3 is 15.7 Å². The summed E-state index contributed by atoms with van der Waals surface area (Å²) >= 11 is 0. The van der Waals surface area contributed by atoms with E-state index in [1.54, 1.807) is 24.3 Å². The van der Waals surface area contributed by atoms with Gasteiger partial charge in [-0.25, -0.2) is 4.79 Å². The second-order valence-corrected chi connectivity index (χ2v) is 3.97. The van der Waals surface area contributed by atoms with Crippen LogP contribution in [0, 0.1) is 0 Å². The number of urea groups is 1. The molecule has 0 aliphatic rings. The van der Waals surface area contributed by atoms with Crippen LogP contribution in [0.2, 0.25) is 0 Å². The highest BCUT2D eigenvalue weighted by atomic mass is 16.4. The monoisotopic (exact) mass is 262 g/mol. The third-order valence-electron chi connectivity index (χ3n) is 2.44. The molecule has 0 radical (unpaired) electrons. The van der Waals surface area contributed by atoms with Crippen molar-refractivity contribution >= 4 is 17.7 Å². The number of allylic oxidation sites excluding steroid dienone is 1. The molecule has 0 atom stereocenters. The van der Waals surface area contributed by atoms with Crippen LogP contribution in [0.3, 0.4) is 0 Å². The van der Waals surface area contributed by atoms with Gasteiger partial charge in [-0.3, -0.25) is 4.79 Å². The zero-order chi connectivity index (χ0) is 14.1. The fourth-order valence-electron chi connectivity index (χ4n) is 1.56. The molecule has 5 nitrogen and oxygen atoms in total. The summed E-state index contributed by atoms with van der Waals surface area (Å²) in [6.07, 6.45) is 4.52. The van der Waals surface area contributed by atoms with Gasteiger partial charge in [-0.1, -0.05) is 30.4 Å². The first-order valence-corrected chi connectivity index (χ1v) is 6.09. The first-order valence-electron chi connectivity index (χ1n) is 6.09. The molecule has 1 aromatic carbocycles. The second kappa shape index (κ2) is 7.92. The average Bonchev–Trinajstić information content (AvgIpc) is 2.36. The number of hydrogen-bond donors (Lipinski definition) is 3. The molecule has 5 heteroatoms. The van der Waals surface area contributed by atoms with E-state index in [1.165, 1.54) is 0 Å². The van der Waals surface area contributed by atoms with E-state index in [0.29, 0.717) is 17.8 Å². The van der Waals surface area contributed by atoms with E-state index in [2.05, 4.69) is 10.6 Å². The molecular formula is C14H18N2O3. The van der Waals surface area contributed by atoms with Gasteiger partial charge >= 0.3 is 12.0 Å². The topological polar surface area (TPSA) is 78.4 Å². The lowest BCUT2D eigenvalue weighted by molar-refractivity contribution is -0.136. The summed E-state index contributed by atoms with van der Waals surface area (Å²) < 4.78 is 0. The summed E-state index contributed by atoms with van der Waals surface area (Å²) in [6.45, 7) is 2.46. The lowest BCUT2D eigenvalue weighted by Gasteiger charge is -2.10. The van der Waals surface area contributed by atoms with Crippen LogP contribution in [0.25, 0.3) is 0 Å². The molecule has 1 aromatic rings. The average molecular weight is 262 g/mol. The Morgan fingerprint density at radius 3 is 2.74 bits per heavy atom. The van der Waals surface area contributed by atoms with Crippen LogP contribution in [0.4, 0.5) is 10.5 Å². The maximum absolute atomic E-state index is 11.6. The van der Waals surface area contributed by atoms with E-state index in [-0.39, 0.29) is 12.5 Å². The van der Waals surface area contributed by atoms with Crippen molar-refractivity contribution in [2.45, 2.75) is 19.8 Å². The zero-order valence-corrected chi connectivity index (χ0v) is 10.8. The highest BCUT2D eigenvalue weighted by Crippen LogP contribution is 2.15. The number of carbonyl (C=O) groups excluding carboxylic acids is 1. The first-order chi connectivity index (χ1) is 9.13. The van der Waals surface area contributed by atoms with Gasteiger partial charge in [0.15, 0.2) is 0 Å². The molecule has 1 rings (SSSR count). The van der Waals surface area contributed by atoms with Crippen molar-refractivity contribution in [2.24, 2.45) is 0 Å². The third kappa shape index (κ3) is 5.72. The predicted molar refractivity (Wildman–Crippen MR) is 74.2 cm³/mol. The van der Waals surface area contributed by atoms with Gasteiger partial charge in [-0.05, 0) is 25.0 Å². The van der Waals surface area contributed by atoms with Crippen LogP contribution < -0.4 is 10.6 Å². The molecule has 19 heavy (non-hydrogen) atoms. The van der Waals surface area contributed by atoms with Crippen molar-refractivity contribution in [2.75, 3.05) is 11.9 Å². The molecule has 102 valence electrons. The minimum atomic E-state index is -0.928. The van der Waals surface area contributed by atoms with Gasteiger partial charge in [0, 0.05) is 12.2 Å². The predicted octanol–water partition coefficient (Wildman–Crippen LogP) is 2.40. The van der Waals surface area contributed by atoms with Crippen LogP contribution in [-0.4, -0.2) is 23.7 Å². The first kappa shape index (κ1) is 14.8. The molecule has 0 fully saturated rings. The van der Waals surface area contributed by atoms with Gasteiger partial charge in [0.1, 0.15) is 0 Å². The lowest BCUT2D eigenvalue weighted by Crippen LogP contribution is -2.29. The van der Waals surface area contributed by atoms with Crippen molar-refractivity contribution in [1.82, 2.24) is 5.32 Å². The Labute approximate surface area is 112 Å². The molecule has 0 aliphatic carbocycles. The summed E-state index contributed by atoms with van der Waals surface area (Å²) in [5.74, 6) is -0.928. The zero-order valence-electron chi connectivity index (χ0n) is 10.8. The SMILES string of the molecule is C/C=C/CCNC(=O)Nc1ccccc1CC(=O)O. The Morgan fingerprint density at radius 2 is 2.05 bits per heavy atom. The van der Waals surface area contributed by atoms with Gasteiger partial charge in [-0.15, -0.1) is 0 Å². The minimum Gasteiger partial charge on any atom is -0.481 e. The highest BCUT2D eigenvalue weighted by Gasteiger charge is 2.08. The standard InChI is InChI=1S/C14H18N2O3/c1-2-3-6-9-15-14(19)16-12-8-5-4-7-11(12)10-13(17)18/h2-5,7-8H,6,9-10H2,1H3,(H,17,18)(H2,15,16,19)/b3-2+. The van der Waals surface area contributed by atoms with Crippen molar-refractivity contribution in [3.8, 4) is 0 Å². The number of nitrogens with one attached hydrogen (secondary N) is 2. The minimum absolute atomic E-state index is 0.116. The van der Waals surface area contributed by atoms with Crippen LogP contribution in [0.5, 0.6) is 0 Å². The number of carbonyl (C=O) groups is 2. The third-order valence-corrected chi connectivity index (χ3v) is 2.44. The van der Waals surface area contributed by atoms with Crippen molar-refractivity contribution < 1.29 is 14.7 Å². The summed E-state index contributed by atoms with van der Waals surface area (Å²) in [5.41, 5.74) is 1.10. The van der Waals surface area contributed by atoms with Crippen molar-refractivity contribution in [3.05, 3.63) is 42.0 Å². The fraction of sp³-hybridized carbons (Fsp3) is 0.286. The fourth-order valence-corrected chi connectivity index (χ4v) is 1.56. The normalized spacial score (nSPS) is 10.4. The molecule has 0 bridgehead atoms. The highest BCUT2D eigenvalue weighted by molar-refractivity contribution is 5.90. The van der Waals surface area contributed by atoms with E-state index in [4.69, 9.17) is 5.11 Å². The Bertz CT molecular complexity index is 470. The number of para-hydroxylation sites is 1. The molecule has 0 unspecified atom stereocenters. The Morgan fingerprint density at radius 1 is 1.32 bits per heavy atom. The number of carboxylic acid groups (broad SMARTS) is 1. The summed E-state index contributed by atoms with van der Waals surface area (Å²) in [6, 6.07) is 6.53. The van der Waals surface area contributed by atoms with E-state index in [1.807, 2.05) is 19.1 Å². The van der Waals surface area contributed by atoms with E-state index < -0.39 is 5.97 Å². The molecular weight excluding hydrogens is 244 g/mol. The molecule has 0 aromatic heterocycles. The summed E-state index contributed by atoms with van der Waals surface area (Å²) in [5, 5.41) is 14.1. The van der Waals surface area contributed by atoms with Gasteiger partial charge in [0.25, 0.3) is 0 Å². The molecule has 0 saturated carbocycles. The number of benzene rings is 1. The molecule has 0 spiro atoms. The number of hydrogen-bond acceptors (Lipinski definition) is 2. The van der Waals surface area contributed by atoms with Gasteiger partial charge in [0.05, 0.1) is 6.42 Å². The Hall–Kier alpha value is -2.30. The van der Waals surface area contributed by atoms with E-state index in [9.17, 15) is 9.59 Å². The smallest absolute Gasteiger partial charge is 0.319 e. The summed E-state index contributed by atoms with van der Waals surface area (Å²) in [7, 11) is 0. The maximum Gasteiger partial charge on any atom is 0.319 e. The quantitative estimate of drug-likeness (QED) is 0.544. The summed E-state index contributed by atoms with van der Waals surface area (Å²) in [4.78, 5) is 22.3. The lowest BCUT2D eigenvalue weighted by atomic mass is 10.1. The maximum atomic E-state index is 11.6. The molecule has 0 aliphatic heterocycles. The van der Waals surface area contributed by atoms with E-state index >= 15 is 0 Å². The Kier molecular flexibility index (Phi) is 6.15. The molecule has 3 N–H and O–H groups in total. The van der Waals surface area contributed by atoms with Crippen LogP contribution in [-0.2, 0) is 11.2 Å². The molecule has 0 saturated heterocycles. The number of amides is 2. The van der Waals surface area contributed by atoms with Gasteiger partial charge in [-0.2, -0.15) is 0 Å².